The number of likely N-dealkylation sites (tertiary alicyclic amines) is 1. The Labute approximate surface area is 141 Å². The molecule has 0 bridgehead atoms. The molecule has 3 N–H and O–H groups in total. The van der Waals surface area contributed by atoms with Gasteiger partial charge in [0.2, 0.25) is 0 Å². The first-order valence-electron chi connectivity index (χ1n) is 7.68. The standard InChI is InChI=1S/C17H21ClN4O/c1-11-4-3-5-12(2)22(11)10-13(9-19)17(23)21-14-6-7-16(20)15(18)8-14/h6-8,10-12H,3-5,20H2,1-2H3,(H,21,23)/b13-10-. The fourth-order valence-corrected chi connectivity index (χ4v) is 2.97. The van der Waals surface area contributed by atoms with Crippen molar-refractivity contribution in [3.63, 3.8) is 0 Å². The van der Waals surface area contributed by atoms with Gasteiger partial charge in [0.1, 0.15) is 11.6 Å². The summed E-state index contributed by atoms with van der Waals surface area (Å²) in [7, 11) is 0. The lowest BCUT2D eigenvalue weighted by Gasteiger charge is -2.38. The Bertz CT molecular complexity index is 655. The van der Waals surface area contributed by atoms with Crippen molar-refractivity contribution in [2.75, 3.05) is 11.1 Å². The highest BCUT2D eigenvalue weighted by Gasteiger charge is 2.23. The monoisotopic (exact) mass is 332 g/mol. The van der Waals surface area contributed by atoms with E-state index in [9.17, 15) is 10.1 Å². The maximum Gasteiger partial charge on any atom is 0.267 e. The van der Waals surface area contributed by atoms with Crippen LogP contribution in [0.25, 0.3) is 0 Å². The van der Waals surface area contributed by atoms with Gasteiger partial charge < -0.3 is 16.0 Å². The third kappa shape index (κ3) is 4.17. The summed E-state index contributed by atoms with van der Waals surface area (Å²) in [4.78, 5) is 14.4. The fraction of sp³-hybridized carbons (Fsp3) is 0.412. The number of nitriles is 1. The molecule has 122 valence electrons. The summed E-state index contributed by atoms with van der Waals surface area (Å²) in [5, 5.41) is 12.4. The third-order valence-corrected chi connectivity index (χ3v) is 4.49. The first kappa shape index (κ1) is 17.2. The van der Waals surface area contributed by atoms with Crippen LogP contribution < -0.4 is 11.1 Å². The van der Waals surface area contributed by atoms with Crippen molar-refractivity contribution in [3.8, 4) is 6.07 Å². The first-order valence-corrected chi connectivity index (χ1v) is 8.06. The van der Waals surface area contributed by atoms with E-state index < -0.39 is 5.91 Å². The second-order valence-electron chi connectivity index (χ2n) is 5.92. The number of nitrogens with two attached hydrogens (primary N) is 1. The zero-order chi connectivity index (χ0) is 17.0. The Hall–Kier alpha value is -2.19. The van der Waals surface area contributed by atoms with Crippen molar-refractivity contribution < 1.29 is 4.79 Å². The molecular weight excluding hydrogens is 312 g/mol. The van der Waals surface area contributed by atoms with Crippen molar-refractivity contribution >= 4 is 28.9 Å². The van der Waals surface area contributed by atoms with Gasteiger partial charge in [-0.3, -0.25) is 4.79 Å². The van der Waals surface area contributed by atoms with E-state index in [0.29, 0.717) is 28.5 Å². The number of halogens is 1. The molecule has 1 aliphatic heterocycles. The molecule has 1 heterocycles. The van der Waals surface area contributed by atoms with E-state index in [1.165, 1.54) is 6.42 Å². The molecule has 1 aromatic rings. The van der Waals surface area contributed by atoms with Gasteiger partial charge in [-0.15, -0.1) is 0 Å². The summed E-state index contributed by atoms with van der Waals surface area (Å²) in [6, 6.07) is 7.46. The normalized spacial score (nSPS) is 21.7. The van der Waals surface area contributed by atoms with Crippen LogP contribution in [-0.2, 0) is 4.79 Å². The van der Waals surface area contributed by atoms with Gasteiger partial charge in [-0.1, -0.05) is 11.6 Å². The van der Waals surface area contributed by atoms with Gasteiger partial charge >= 0.3 is 0 Å². The van der Waals surface area contributed by atoms with Crippen molar-refractivity contribution in [1.29, 1.82) is 5.26 Å². The number of nitrogen functional groups attached to an aromatic ring is 1. The molecule has 2 rings (SSSR count). The van der Waals surface area contributed by atoms with E-state index in [4.69, 9.17) is 17.3 Å². The van der Waals surface area contributed by atoms with E-state index in [0.717, 1.165) is 12.8 Å². The average Bonchev–Trinajstić information content (AvgIpc) is 2.50. The summed E-state index contributed by atoms with van der Waals surface area (Å²) in [5.41, 5.74) is 6.68. The smallest absolute Gasteiger partial charge is 0.267 e. The molecule has 0 radical (unpaired) electrons. The van der Waals surface area contributed by atoms with Crippen LogP contribution in [0.15, 0.2) is 30.0 Å². The van der Waals surface area contributed by atoms with Gasteiger partial charge in [-0.2, -0.15) is 5.26 Å². The molecular formula is C17H21ClN4O. The molecule has 0 spiro atoms. The molecule has 1 saturated heterocycles. The molecule has 1 fully saturated rings. The largest absolute Gasteiger partial charge is 0.398 e. The summed E-state index contributed by atoms with van der Waals surface area (Å²) in [5.74, 6) is -0.446. The lowest BCUT2D eigenvalue weighted by Crippen LogP contribution is -2.40. The number of carbonyl (C=O) groups excluding carboxylic acids is 1. The maximum atomic E-state index is 12.3. The number of amides is 1. The van der Waals surface area contributed by atoms with Crippen LogP contribution in [0.1, 0.15) is 33.1 Å². The summed E-state index contributed by atoms with van der Waals surface area (Å²) in [6.07, 6.45) is 4.97. The minimum Gasteiger partial charge on any atom is -0.398 e. The van der Waals surface area contributed by atoms with Crippen LogP contribution in [0.2, 0.25) is 5.02 Å². The molecule has 6 heteroatoms. The Morgan fingerprint density at radius 3 is 2.65 bits per heavy atom. The highest BCUT2D eigenvalue weighted by molar-refractivity contribution is 6.33. The second kappa shape index (κ2) is 7.38. The zero-order valence-electron chi connectivity index (χ0n) is 13.3. The number of piperidine rings is 1. The lowest BCUT2D eigenvalue weighted by atomic mass is 9.98. The zero-order valence-corrected chi connectivity index (χ0v) is 14.1. The van der Waals surface area contributed by atoms with Crippen LogP contribution in [0.4, 0.5) is 11.4 Å². The van der Waals surface area contributed by atoms with Crippen molar-refractivity contribution in [1.82, 2.24) is 4.90 Å². The Morgan fingerprint density at radius 2 is 2.09 bits per heavy atom. The van der Waals surface area contributed by atoms with Crippen molar-refractivity contribution in [3.05, 3.63) is 35.0 Å². The minimum absolute atomic E-state index is 0.0820. The first-order chi connectivity index (χ1) is 10.9. The SMILES string of the molecule is CC1CCCC(C)N1/C=C(/C#N)C(=O)Nc1ccc(N)c(Cl)c1. The predicted octanol–water partition coefficient (Wildman–Crippen LogP) is 3.53. The van der Waals surface area contributed by atoms with Crippen molar-refractivity contribution in [2.45, 2.75) is 45.2 Å². The molecule has 2 unspecified atom stereocenters. The summed E-state index contributed by atoms with van der Waals surface area (Å²) < 4.78 is 0. The second-order valence-corrected chi connectivity index (χ2v) is 6.33. The van der Waals surface area contributed by atoms with E-state index in [1.54, 1.807) is 24.4 Å². The molecule has 2 atom stereocenters. The molecule has 0 saturated carbocycles. The quantitative estimate of drug-likeness (QED) is 0.504. The van der Waals surface area contributed by atoms with Gasteiger partial charge in [0, 0.05) is 24.0 Å². The molecule has 1 amide bonds. The molecule has 1 aromatic carbocycles. The van der Waals surface area contributed by atoms with Gasteiger partial charge in [0.05, 0.1) is 10.7 Å². The van der Waals surface area contributed by atoms with Crippen LogP contribution in [-0.4, -0.2) is 22.9 Å². The van der Waals surface area contributed by atoms with Gasteiger partial charge in [-0.25, -0.2) is 0 Å². The number of anilines is 2. The van der Waals surface area contributed by atoms with E-state index in [-0.39, 0.29) is 5.57 Å². The van der Waals surface area contributed by atoms with Crippen LogP contribution in [0.3, 0.4) is 0 Å². The van der Waals surface area contributed by atoms with Gasteiger partial charge in [0.25, 0.3) is 5.91 Å². The maximum absolute atomic E-state index is 12.3. The third-order valence-electron chi connectivity index (χ3n) is 4.16. The highest BCUT2D eigenvalue weighted by atomic mass is 35.5. The number of hydrogen-bond donors (Lipinski definition) is 2. The topological polar surface area (TPSA) is 82.2 Å². The Morgan fingerprint density at radius 1 is 1.43 bits per heavy atom. The minimum atomic E-state index is -0.446. The average molecular weight is 333 g/mol. The summed E-state index contributed by atoms with van der Waals surface area (Å²) >= 11 is 5.94. The number of hydrogen-bond acceptors (Lipinski definition) is 4. The molecule has 0 aliphatic carbocycles. The highest BCUT2D eigenvalue weighted by Crippen LogP contribution is 2.25. The lowest BCUT2D eigenvalue weighted by molar-refractivity contribution is -0.112. The van der Waals surface area contributed by atoms with E-state index >= 15 is 0 Å². The van der Waals surface area contributed by atoms with Gasteiger partial charge in [0.15, 0.2) is 0 Å². The van der Waals surface area contributed by atoms with Crippen LogP contribution >= 0.6 is 11.6 Å². The Balaban J connectivity index is 2.16. The van der Waals surface area contributed by atoms with Crippen LogP contribution in [0.5, 0.6) is 0 Å². The van der Waals surface area contributed by atoms with Gasteiger partial charge in [-0.05, 0) is 51.3 Å². The number of nitrogens with zero attached hydrogens (tertiary/aromatic N) is 2. The number of carbonyl (C=O) groups is 1. The molecule has 1 aliphatic rings. The van der Waals surface area contributed by atoms with Crippen LogP contribution in [0, 0.1) is 11.3 Å². The summed E-state index contributed by atoms with van der Waals surface area (Å²) in [6.45, 7) is 4.22. The molecule has 0 aromatic heterocycles. The number of benzene rings is 1. The number of rotatable bonds is 3. The van der Waals surface area contributed by atoms with E-state index in [1.807, 2.05) is 6.07 Å². The molecule has 23 heavy (non-hydrogen) atoms. The van der Waals surface area contributed by atoms with Crippen molar-refractivity contribution in [2.24, 2.45) is 0 Å². The Kier molecular flexibility index (Phi) is 5.51. The van der Waals surface area contributed by atoms with E-state index in [2.05, 4.69) is 24.1 Å². The predicted molar refractivity (Wildman–Crippen MR) is 92.8 cm³/mol. The fourth-order valence-electron chi connectivity index (χ4n) is 2.79. The molecule has 5 nitrogen and oxygen atoms in total. The number of nitrogens with one attached hydrogen (secondary N) is 1.